The first-order valence-corrected chi connectivity index (χ1v) is 5.36. The van der Waals surface area contributed by atoms with Crippen molar-refractivity contribution in [2.24, 2.45) is 5.73 Å². The highest BCUT2D eigenvalue weighted by atomic mass is 16.5. The maximum Gasteiger partial charge on any atom is 0.258 e. The maximum absolute atomic E-state index is 5.59. The van der Waals surface area contributed by atoms with Crippen LogP contribution in [0.4, 0.5) is 0 Å². The second kappa shape index (κ2) is 4.38. The lowest BCUT2D eigenvalue weighted by Gasteiger charge is -1.97. The molecule has 0 aliphatic rings. The van der Waals surface area contributed by atoms with Crippen LogP contribution in [0.15, 0.2) is 35.0 Å². The van der Waals surface area contributed by atoms with Crippen molar-refractivity contribution < 1.29 is 4.52 Å². The fourth-order valence-electron chi connectivity index (χ4n) is 1.59. The van der Waals surface area contributed by atoms with Crippen molar-refractivity contribution in [1.82, 2.24) is 25.6 Å². The smallest absolute Gasteiger partial charge is 0.258 e. The second-order valence-corrected chi connectivity index (χ2v) is 3.68. The van der Waals surface area contributed by atoms with Gasteiger partial charge in [0.25, 0.3) is 5.89 Å². The van der Waals surface area contributed by atoms with Crippen LogP contribution in [-0.4, -0.2) is 25.6 Å². The van der Waals surface area contributed by atoms with Crippen LogP contribution >= 0.6 is 0 Å². The summed E-state index contributed by atoms with van der Waals surface area (Å²) in [5.74, 6) is 0.834. The predicted octanol–water partition coefficient (Wildman–Crippen LogP) is 0.980. The first kappa shape index (κ1) is 10.6. The summed E-state index contributed by atoms with van der Waals surface area (Å²) in [5.41, 5.74) is 7.97. The Hall–Kier alpha value is -2.54. The van der Waals surface area contributed by atoms with Gasteiger partial charge in [-0.05, 0) is 17.7 Å². The molecule has 0 saturated heterocycles. The van der Waals surface area contributed by atoms with Gasteiger partial charge >= 0.3 is 0 Å². The van der Waals surface area contributed by atoms with Crippen molar-refractivity contribution in [2.45, 2.75) is 6.54 Å². The van der Waals surface area contributed by atoms with Crippen LogP contribution in [0.1, 0.15) is 5.56 Å². The van der Waals surface area contributed by atoms with E-state index in [0.29, 0.717) is 24.0 Å². The first-order valence-electron chi connectivity index (χ1n) is 5.36. The van der Waals surface area contributed by atoms with E-state index in [9.17, 15) is 0 Å². The minimum atomic E-state index is 0.400. The van der Waals surface area contributed by atoms with Gasteiger partial charge < -0.3 is 10.3 Å². The van der Waals surface area contributed by atoms with Crippen LogP contribution in [0.3, 0.4) is 0 Å². The summed E-state index contributed by atoms with van der Waals surface area (Å²) in [5, 5.41) is 13.9. The number of aromatic amines is 1. The molecule has 0 aliphatic heterocycles. The Bertz CT molecular complexity index is 645. The van der Waals surface area contributed by atoms with Crippen LogP contribution in [0.5, 0.6) is 0 Å². The van der Waals surface area contributed by atoms with Crippen LogP contribution in [0.25, 0.3) is 23.0 Å². The van der Waals surface area contributed by atoms with Crippen LogP contribution in [0.2, 0.25) is 0 Å². The van der Waals surface area contributed by atoms with Gasteiger partial charge in [0.15, 0.2) is 5.69 Å². The van der Waals surface area contributed by atoms with Gasteiger partial charge in [0.1, 0.15) is 0 Å². The van der Waals surface area contributed by atoms with Crippen molar-refractivity contribution in [3.63, 3.8) is 0 Å². The number of nitrogens with two attached hydrogens (primary N) is 1. The van der Waals surface area contributed by atoms with Gasteiger partial charge in [0, 0.05) is 12.1 Å². The highest BCUT2D eigenvalue weighted by molar-refractivity contribution is 5.57. The lowest BCUT2D eigenvalue weighted by atomic mass is 10.1. The Morgan fingerprint density at radius 3 is 3.06 bits per heavy atom. The van der Waals surface area contributed by atoms with Crippen molar-refractivity contribution in [3.05, 3.63) is 36.0 Å². The molecule has 0 spiro atoms. The standard InChI is InChI=1S/C11H10N6O/c12-5-7-2-1-3-8(4-7)11-14-10(16-18-11)9-6-13-17-15-9/h1-4,6H,5,12H2,(H,13,15,17). The SMILES string of the molecule is NCc1cccc(-c2nc(-c3cn[nH]n3)no2)c1. The molecule has 2 aromatic heterocycles. The summed E-state index contributed by atoms with van der Waals surface area (Å²) in [6, 6.07) is 7.65. The van der Waals surface area contributed by atoms with Gasteiger partial charge in [-0.1, -0.05) is 17.3 Å². The number of aromatic nitrogens is 5. The number of nitrogens with zero attached hydrogens (tertiary/aromatic N) is 4. The summed E-state index contributed by atoms with van der Waals surface area (Å²) in [6.45, 7) is 0.470. The summed E-state index contributed by atoms with van der Waals surface area (Å²) in [4.78, 5) is 4.26. The number of hydrogen-bond donors (Lipinski definition) is 2. The molecular formula is C11H10N6O. The number of hydrogen-bond acceptors (Lipinski definition) is 6. The third-order valence-electron chi connectivity index (χ3n) is 2.48. The molecule has 3 rings (SSSR count). The van der Waals surface area contributed by atoms with Gasteiger partial charge in [0.2, 0.25) is 5.82 Å². The monoisotopic (exact) mass is 242 g/mol. The number of rotatable bonds is 3. The van der Waals surface area contributed by atoms with Crippen molar-refractivity contribution in [1.29, 1.82) is 0 Å². The molecule has 3 aromatic rings. The number of nitrogens with one attached hydrogen (secondary N) is 1. The fourth-order valence-corrected chi connectivity index (χ4v) is 1.59. The van der Waals surface area contributed by atoms with E-state index in [1.54, 1.807) is 0 Å². The average molecular weight is 242 g/mol. The van der Waals surface area contributed by atoms with E-state index >= 15 is 0 Å². The summed E-state index contributed by atoms with van der Waals surface area (Å²) in [6.07, 6.45) is 1.53. The number of H-pyrrole nitrogens is 1. The summed E-state index contributed by atoms with van der Waals surface area (Å²) in [7, 11) is 0. The first-order chi connectivity index (χ1) is 8.86. The lowest BCUT2D eigenvalue weighted by molar-refractivity contribution is 0.432. The molecule has 7 heteroatoms. The third-order valence-corrected chi connectivity index (χ3v) is 2.48. The molecule has 7 nitrogen and oxygen atoms in total. The molecule has 2 heterocycles. The topological polar surface area (TPSA) is 107 Å². The molecule has 0 radical (unpaired) electrons. The maximum atomic E-state index is 5.59. The largest absolute Gasteiger partial charge is 0.334 e. The van der Waals surface area contributed by atoms with Gasteiger partial charge in [-0.3, -0.25) is 0 Å². The zero-order chi connectivity index (χ0) is 12.4. The van der Waals surface area contributed by atoms with E-state index in [4.69, 9.17) is 10.3 Å². The predicted molar refractivity (Wildman–Crippen MR) is 63.0 cm³/mol. The third kappa shape index (κ3) is 1.87. The lowest BCUT2D eigenvalue weighted by Crippen LogP contribution is -1.95. The minimum absolute atomic E-state index is 0.400. The van der Waals surface area contributed by atoms with E-state index in [0.717, 1.165) is 11.1 Å². The Morgan fingerprint density at radius 1 is 1.33 bits per heavy atom. The van der Waals surface area contributed by atoms with Gasteiger partial charge in [-0.2, -0.15) is 20.4 Å². The van der Waals surface area contributed by atoms with Crippen LogP contribution < -0.4 is 5.73 Å². The second-order valence-electron chi connectivity index (χ2n) is 3.68. The van der Waals surface area contributed by atoms with Crippen molar-refractivity contribution in [2.75, 3.05) is 0 Å². The molecule has 0 fully saturated rings. The minimum Gasteiger partial charge on any atom is -0.334 e. The average Bonchev–Trinajstić information content (AvgIpc) is 3.09. The highest BCUT2D eigenvalue weighted by Gasteiger charge is 2.12. The molecule has 0 amide bonds. The van der Waals surface area contributed by atoms with Crippen molar-refractivity contribution >= 4 is 0 Å². The van der Waals surface area contributed by atoms with Gasteiger partial charge in [0.05, 0.1) is 6.20 Å². The Morgan fingerprint density at radius 2 is 2.28 bits per heavy atom. The highest BCUT2D eigenvalue weighted by Crippen LogP contribution is 2.21. The number of benzene rings is 1. The quantitative estimate of drug-likeness (QED) is 0.709. The van der Waals surface area contributed by atoms with Gasteiger partial charge in [-0.25, -0.2) is 0 Å². The Balaban J connectivity index is 1.97. The van der Waals surface area contributed by atoms with Crippen LogP contribution in [0, 0.1) is 0 Å². The van der Waals surface area contributed by atoms with E-state index in [2.05, 4.69) is 25.6 Å². The summed E-state index contributed by atoms with van der Waals surface area (Å²) >= 11 is 0. The molecule has 3 N–H and O–H groups in total. The van der Waals surface area contributed by atoms with Crippen LogP contribution in [-0.2, 0) is 6.54 Å². The van der Waals surface area contributed by atoms with E-state index in [-0.39, 0.29) is 0 Å². The van der Waals surface area contributed by atoms with Gasteiger partial charge in [-0.15, -0.1) is 0 Å². The molecular weight excluding hydrogens is 232 g/mol. The Labute approximate surface area is 102 Å². The molecule has 0 bridgehead atoms. The molecule has 0 atom stereocenters. The fraction of sp³-hybridized carbons (Fsp3) is 0.0909. The molecule has 0 saturated carbocycles. The van der Waals surface area contributed by atoms with E-state index < -0.39 is 0 Å². The molecule has 0 unspecified atom stereocenters. The van der Waals surface area contributed by atoms with Crippen molar-refractivity contribution in [3.8, 4) is 23.0 Å². The summed E-state index contributed by atoms with van der Waals surface area (Å²) < 4.78 is 5.19. The molecule has 90 valence electrons. The molecule has 1 aromatic carbocycles. The normalized spacial score (nSPS) is 10.7. The molecule has 0 aliphatic carbocycles. The molecule has 18 heavy (non-hydrogen) atoms. The van der Waals surface area contributed by atoms with E-state index in [1.807, 2.05) is 24.3 Å². The Kier molecular flexibility index (Phi) is 2.58. The zero-order valence-electron chi connectivity index (χ0n) is 9.37. The zero-order valence-corrected chi connectivity index (χ0v) is 9.37. The van der Waals surface area contributed by atoms with E-state index in [1.165, 1.54) is 6.20 Å².